The Kier molecular flexibility index (Phi) is 5.53. The summed E-state index contributed by atoms with van der Waals surface area (Å²) in [6, 6.07) is 13.7. The highest BCUT2D eigenvalue weighted by Gasteiger charge is 2.30. The van der Waals surface area contributed by atoms with Gasteiger partial charge in [-0.25, -0.2) is 4.39 Å². The molecule has 2 aromatic rings. The van der Waals surface area contributed by atoms with Crippen molar-refractivity contribution in [3.8, 4) is 11.5 Å². The molecule has 0 aliphatic carbocycles. The van der Waals surface area contributed by atoms with E-state index in [-0.39, 0.29) is 24.4 Å². The van der Waals surface area contributed by atoms with Crippen molar-refractivity contribution in [1.82, 2.24) is 4.90 Å². The molecule has 0 N–H and O–H groups in total. The zero-order valence-electron chi connectivity index (χ0n) is 14.3. The SMILES string of the molecule is CCOc1ccccc1OCC(=O)N1CCCC1c1ccc(F)cc1. The molecule has 0 spiro atoms. The van der Waals surface area contributed by atoms with E-state index >= 15 is 0 Å². The van der Waals surface area contributed by atoms with E-state index in [4.69, 9.17) is 9.47 Å². The molecule has 1 amide bonds. The summed E-state index contributed by atoms with van der Waals surface area (Å²) < 4.78 is 24.3. The molecule has 25 heavy (non-hydrogen) atoms. The summed E-state index contributed by atoms with van der Waals surface area (Å²) in [7, 11) is 0. The first kappa shape index (κ1) is 17.3. The van der Waals surface area contributed by atoms with Gasteiger partial charge in [0.2, 0.25) is 0 Å². The van der Waals surface area contributed by atoms with Crippen molar-refractivity contribution < 1.29 is 18.7 Å². The molecule has 1 fully saturated rings. The van der Waals surface area contributed by atoms with Crippen LogP contribution in [0.5, 0.6) is 11.5 Å². The van der Waals surface area contributed by atoms with Gasteiger partial charge < -0.3 is 14.4 Å². The quantitative estimate of drug-likeness (QED) is 0.797. The highest BCUT2D eigenvalue weighted by Crippen LogP contribution is 2.32. The lowest BCUT2D eigenvalue weighted by Gasteiger charge is -2.25. The summed E-state index contributed by atoms with van der Waals surface area (Å²) in [5.74, 6) is 0.859. The number of para-hydroxylation sites is 2. The van der Waals surface area contributed by atoms with Crippen molar-refractivity contribution in [3.05, 3.63) is 59.9 Å². The van der Waals surface area contributed by atoms with Crippen LogP contribution in [0.15, 0.2) is 48.5 Å². The lowest BCUT2D eigenvalue weighted by molar-refractivity contribution is -0.134. The van der Waals surface area contributed by atoms with Crippen molar-refractivity contribution in [1.29, 1.82) is 0 Å². The first-order valence-electron chi connectivity index (χ1n) is 8.58. The van der Waals surface area contributed by atoms with Crippen LogP contribution in [0.25, 0.3) is 0 Å². The molecule has 1 aliphatic rings. The van der Waals surface area contributed by atoms with Gasteiger partial charge in [0.15, 0.2) is 18.1 Å². The van der Waals surface area contributed by atoms with E-state index in [0.717, 1.165) is 18.4 Å². The Morgan fingerprint density at radius 1 is 1.12 bits per heavy atom. The number of ether oxygens (including phenoxy) is 2. The topological polar surface area (TPSA) is 38.8 Å². The fraction of sp³-hybridized carbons (Fsp3) is 0.350. The van der Waals surface area contributed by atoms with E-state index in [9.17, 15) is 9.18 Å². The second-order valence-corrected chi connectivity index (χ2v) is 5.97. The molecule has 0 bridgehead atoms. The third kappa shape index (κ3) is 4.10. The van der Waals surface area contributed by atoms with Crippen LogP contribution in [-0.4, -0.2) is 30.6 Å². The van der Waals surface area contributed by atoms with E-state index in [2.05, 4.69) is 0 Å². The monoisotopic (exact) mass is 343 g/mol. The van der Waals surface area contributed by atoms with Gasteiger partial charge in [-0.05, 0) is 49.6 Å². The minimum absolute atomic E-state index is 0.0150. The second-order valence-electron chi connectivity index (χ2n) is 5.97. The maximum absolute atomic E-state index is 13.1. The average molecular weight is 343 g/mol. The molecule has 1 heterocycles. The lowest BCUT2D eigenvalue weighted by Crippen LogP contribution is -2.34. The van der Waals surface area contributed by atoms with E-state index < -0.39 is 0 Å². The summed E-state index contributed by atoms with van der Waals surface area (Å²) in [6.45, 7) is 3.09. The van der Waals surface area contributed by atoms with Gasteiger partial charge in [0, 0.05) is 6.54 Å². The zero-order valence-corrected chi connectivity index (χ0v) is 14.3. The predicted molar refractivity (Wildman–Crippen MR) is 93.2 cm³/mol. The molecule has 0 saturated carbocycles. The Labute approximate surface area is 147 Å². The molecule has 4 nitrogen and oxygen atoms in total. The molecule has 1 aliphatic heterocycles. The molecule has 1 unspecified atom stereocenters. The van der Waals surface area contributed by atoms with Gasteiger partial charge in [0.1, 0.15) is 5.82 Å². The molecular formula is C20H22FNO3. The van der Waals surface area contributed by atoms with Gasteiger partial charge in [-0.2, -0.15) is 0 Å². The number of hydrogen-bond acceptors (Lipinski definition) is 3. The van der Waals surface area contributed by atoms with Gasteiger partial charge in [0.05, 0.1) is 12.6 Å². The summed E-state index contributed by atoms with van der Waals surface area (Å²) in [5, 5.41) is 0. The first-order valence-corrected chi connectivity index (χ1v) is 8.58. The van der Waals surface area contributed by atoms with E-state index in [1.165, 1.54) is 12.1 Å². The fourth-order valence-corrected chi connectivity index (χ4v) is 3.16. The van der Waals surface area contributed by atoms with Crippen molar-refractivity contribution in [2.24, 2.45) is 0 Å². The summed E-state index contributed by atoms with van der Waals surface area (Å²) in [5.41, 5.74) is 0.960. The highest BCUT2D eigenvalue weighted by molar-refractivity contribution is 5.78. The number of likely N-dealkylation sites (tertiary alicyclic amines) is 1. The van der Waals surface area contributed by atoms with Gasteiger partial charge in [-0.3, -0.25) is 4.79 Å². The van der Waals surface area contributed by atoms with Crippen LogP contribution in [0, 0.1) is 5.82 Å². The molecular weight excluding hydrogens is 321 g/mol. The molecule has 0 aromatic heterocycles. The second kappa shape index (κ2) is 8.01. The Bertz CT molecular complexity index is 717. The van der Waals surface area contributed by atoms with Crippen LogP contribution in [0.3, 0.4) is 0 Å². The average Bonchev–Trinajstić information content (AvgIpc) is 3.11. The van der Waals surface area contributed by atoms with Crippen molar-refractivity contribution in [2.75, 3.05) is 19.8 Å². The largest absolute Gasteiger partial charge is 0.490 e. The zero-order chi connectivity index (χ0) is 17.6. The van der Waals surface area contributed by atoms with E-state index in [1.807, 2.05) is 30.0 Å². The fourth-order valence-electron chi connectivity index (χ4n) is 3.16. The first-order chi connectivity index (χ1) is 12.2. The number of benzene rings is 2. The Morgan fingerprint density at radius 2 is 1.80 bits per heavy atom. The lowest BCUT2D eigenvalue weighted by atomic mass is 10.0. The predicted octanol–water partition coefficient (Wildman–Crippen LogP) is 3.97. The summed E-state index contributed by atoms with van der Waals surface area (Å²) in [4.78, 5) is 14.4. The number of nitrogens with zero attached hydrogens (tertiary/aromatic N) is 1. The molecule has 132 valence electrons. The van der Waals surface area contributed by atoms with Crippen LogP contribution < -0.4 is 9.47 Å². The normalized spacial score (nSPS) is 16.7. The van der Waals surface area contributed by atoms with E-state index in [1.54, 1.807) is 18.2 Å². The third-order valence-corrected chi connectivity index (χ3v) is 4.33. The van der Waals surface area contributed by atoms with Crippen molar-refractivity contribution in [2.45, 2.75) is 25.8 Å². The molecule has 1 saturated heterocycles. The van der Waals surface area contributed by atoms with Crippen LogP contribution in [0.2, 0.25) is 0 Å². The Morgan fingerprint density at radius 3 is 2.48 bits per heavy atom. The van der Waals surface area contributed by atoms with Gasteiger partial charge in [-0.1, -0.05) is 24.3 Å². The van der Waals surface area contributed by atoms with Gasteiger partial charge in [-0.15, -0.1) is 0 Å². The molecule has 3 rings (SSSR count). The molecule has 1 atom stereocenters. The van der Waals surface area contributed by atoms with Crippen molar-refractivity contribution >= 4 is 5.91 Å². The molecule has 2 aromatic carbocycles. The number of amides is 1. The maximum atomic E-state index is 13.1. The Hall–Kier alpha value is -2.56. The third-order valence-electron chi connectivity index (χ3n) is 4.33. The van der Waals surface area contributed by atoms with Gasteiger partial charge >= 0.3 is 0 Å². The number of hydrogen-bond donors (Lipinski definition) is 0. The Balaban J connectivity index is 1.65. The standard InChI is InChI=1S/C20H22FNO3/c1-2-24-18-7-3-4-8-19(18)25-14-20(23)22-13-5-6-17(22)15-9-11-16(21)12-10-15/h3-4,7-12,17H,2,5-6,13-14H2,1H3. The smallest absolute Gasteiger partial charge is 0.261 e. The summed E-state index contributed by atoms with van der Waals surface area (Å²) in [6.07, 6.45) is 1.82. The van der Waals surface area contributed by atoms with E-state index in [0.29, 0.717) is 24.7 Å². The van der Waals surface area contributed by atoms with Gasteiger partial charge in [0.25, 0.3) is 5.91 Å². The number of halogens is 1. The number of carbonyl (C=O) groups is 1. The number of carbonyl (C=O) groups excluding carboxylic acids is 1. The maximum Gasteiger partial charge on any atom is 0.261 e. The number of rotatable bonds is 6. The highest BCUT2D eigenvalue weighted by atomic mass is 19.1. The van der Waals surface area contributed by atoms with Crippen molar-refractivity contribution in [3.63, 3.8) is 0 Å². The summed E-state index contributed by atoms with van der Waals surface area (Å²) >= 11 is 0. The van der Waals surface area contributed by atoms with Crippen LogP contribution >= 0.6 is 0 Å². The van der Waals surface area contributed by atoms with Crippen LogP contribution in [0.4, 0.5) is 4.39 Å². The minimum Gasteiger partial charge on any atom is -0.490 e. The van der Waals surface area contributed by atoms with Crippen LogP contribution in [0.1, 0.15) is 31.4 Å². The minimum atomic E-state index is -0.268. The molecule has 0 radical (unpaired) electrons. The molecule has 5 heteroatoms. The van der Waals surface area contributed by atoms with Crippen LogP contribution in [-0.2, 0) is 4.79 Å².